The third-order valence-corrected chi connectivity index (χ3v) is 2.04. The lowest BCUT2D eigenvalue weighted by molar-refractivity contribution is 0.0786. The average Bonchev–Trinajstić information content (AvgIpc) is 2.11. The summed E-state index contributed by atoms with van der Waals surface area (Å²) in [6.45, 7) is 8.20. The molecule has 2 N–H and O–H groups in total. The van der Waals surface area contributed by atoms with E-state index in [0.717, 1.165) is 32.6 Å². The highest BCUT2D eigenvalue weighted by atomic mass is 16.5. The molecular weight excluding hydrogens is 152 g/mol. The minimum Gasteiger partial charge on any atom is -0.380 e. The molecule has 3 heteroatoms. The van der Waals surface area contributed by atoms with Gasteiger partial charge in [0.2, 0.25) is 0 Å². The first-order valence-electron chi connectivity index (χ1n) is 4.69. The van der Waals surface area contributed by atoms with E-state index >= 15 is 0 Å². The molecule has 0 aliphatic carbocycles. The quantitative estimate of drug-likeness (QED) is 0.617. The topological polar surface area (TPSA) is 38.5 Å². The molecule has 0 aromatic rings. The maximum atomic E-state index is 5.44. The van der Waals surface area contributed by atoms with E-state index in [2.05, 4.69) is 18.7 Å². The lowest BCUT2D eigenvalue weighted by atomic mass is 10.3. The maximum Gasteiger partial charge on any atom is 0.0670 e. The van der Waals surface area contributed by atoms with E-state index in [1.165, 1.54) is 0 Å². The highest BCUT2D eigenvalue weighted by Crippen LogP contribution is 1.96. The van der Waals surface area contributed by atoms with Crippen molar-refractivity contribution < 1.29 is 4.74 Å². The second kappa shape index (κ2) is 7.53. The van der Waals surface area contributed by atoms with Crippen LogP contribution in [0, 0.1) is 0 Å². The van der Waals surface area contributed by atoms with Crippen LogP contribution >= 0.6 is 0 Å². The van der Waals surface area contributed by atoms with Crippen molar-refractivity contribution in [2.75, 3.05) is 33.3 Å². The van der Waals surface area contributed by atoms with Crippen molar-refractivity contribution in [1.82, 2.24) is 4.90 Å². The Bertz CT molecular complexity index is 98.5. The molecule has 1 unspecified atom stereocenters. The predicted molar refractivity (Wildman–Crippen MR) is 52.3 cm³/mol. The van der Waals surface area contributed by atoms with E-state index in [1.54, 1.807) is 7.11 Å². The number of rotatable bonds is 7. The van der Waals surface area contributed by atoms with Gasteiger partial charge in [0.05, 0.1) is 6.10 Å². The van der Waals surface area contributed by atoms with Crippen molar-refractivity contribution >= 4 is 0 Å². The molecule has 0 radical (unpaired) electrons. The Morgan fingerprint density at radius 2 is 2.17 bits per heavy atom. The van der Waals surface area contributed by atoms with E-state index in [-0.39, 0.29) is 0 Å². The molecule has 0 aliphatic rings. The van der Waals surface area contributed by atoms with Gasteiger partial charge in [-0.25, -0.2) is 0 Å². The Kier molecular flexibility index (Phi) is 7.45. The summed E-state index contributed by atoms with van der Waals surface area (Å²) in [7, 11) is 1.75. The highest BCUT2D eigenvalue weighted by molar-refractivity contribution is 4.60. The van der Waals surface area contributed by atoms with Gasteiger partial charge in [0, 0.05) is 13.7 Å². The molecule has 0 fully saturated rings. The number of nitrogens with two attached hydrogens (primary N) is 1. The third-order valence-electron chi connectivity index (χ3n) is 2.04. The highest BCUT2D eigenvalue weighted by Gasteiger charge is 2.06. The van der Waals surface area contributed by atoms with Crippen molar-refractivity contribution in [3.63, 3.8) is 0 Å². The molecular formula is C9H22N2O. The predicted octanol–water partition coefficient (Wildman–Crippen LogP) is 0.692. The number of likely N-dealkylation sites (N-methyl/N-ethyl adjacent to an activating group) is 1. The molecule has 3 nitrogen and oxygen atoms in total. The Labute approximate surface area is 75.9 Å². The molecule has 0 aliphatic heterocycles. The van der Waals surface area contributed by atoms with E-state index in [4.69, 9.17) is 10.5 Å². The molecule has 12 heavy (non-hydrogen) atoms. The molecule has 74 valence electrons. The van der Waals surface area contributed by atoms with Gasteiger partial charge >= 0.3 is 0 Å². The lowest BCUT2D eigenvalue weighted by Crippen LogP contribution is -2.33. The minimum absolute atomic E-state index is 0.322. The minimum atomic E-state index is 0.322. The first-order valence-corrected chi connectivity index (χ1v) is 4.69. The van der Waals surface area contributed by atoms with Crippen LogP contribution in [0.15, 0.2) is 0 Å². The number of methoxy groups -OCH3 is 1. The SMILES string of the molecule is CCN(CCCN)CC(C)OC. The molecule has 0 heterocycles. The van der Waals surface area contributed by atoms with Crippen molar-refractivity contribution in [2.45, 2.75) is 26.4 Å². The van der Waals surface area contributed by atoms with Gasteiger partial charge in [0.1, 0.15) is 0 Å². The summed E-state index contributed by atoms with van der Waals surface area (Å²) < 4.78 is 5.19. The fourth-order valence-corrected chi connectivity index (χ4v) is 1.13. The molecule has 0 saturated carbocycles. The van der Waals surface area contributed by atoms with Gasteiger partial charge in [-0.15, -0.1) is 0 Å². The third kappa shape index (κ3) is 5.52. The summed E-state index contributed by atoms with van der Waals surface area (Å²) >= 11 is 0. The number of hydrogen-bond donors (Lipinski definition) is 1. The van der Waals surface area contributed by atoms with Crippen LogP contribution in [0.2, 0.25) is 0 Å². The monoisotopic (exact) mass is 174 g/mol. The molecule has 0 aromatic carbocycles. The van der Waals surface area contributed by atoms with Gasteiger partial charge < -0.3 is 15.4 Å². The van der Waals surface area contributed by atoms with Gasteiger partial charge in [-0.05, 0) is 33.0 Å². The van der Waals surface area contributed by atoms with Crippen LogP contribution in [0.5, 0.6) is 0 Å². The zero-order valence-electron chi connectivity index (χ0n) is 8.55. The van der Waals surface area contributed by atoms with E-state index in [0.29, 0.717) is 6.10 Å². The fourth-order valence-electron chi connectivity index (χ4n) is 1.13. The standard InChI is InChI=1S/C9H22N2O/c1-4-11(7-5-6-10)8-9(2)12-3/h9H,4-8,10H2,1-3H3. The molecule has 0 bridgehead atoms. The van der Waals surface area contributed by atoms with Gasteiger partial charge in [0.25, 0.3) is 0 Å². The van der Waals surface area contributed by atoms with Crippen LogP contribution in [-0.4, -0.2) is 44.3 Å². The molecule has 0 rings (SSSR count). The number of hydrogen-bond acceptors (Lipinski definition) is 3. The Balaban J connectivity index is 3.51. The summed E-state index contributed by atoms with van der Waals surface area (Å²) in [5.41, 5.74) is 5.44. The van der Waals surface area contributed by atoms with Crippen molar-refractivity contribution in [3.05, 3.63) is 0 Å². The first-order chi connectivity index (χ1) is 5.74. The van der Waals surface area contributed by atoms with E-state index in [1.807, 2.05) is 0 Å². The van der Waals surface area contributed by atoms with Crippen LogP contribution in [0.1, 0.15) is 20.3 Å². The average molecular weight is 174 g/mol. The van der Waals surface area contributed by atoms with Crippen molar-refractivity contribution in [3.8, 4) is 0 Å². The number of ether oxygens (including phenoxy) is 1. The van der Waals surface area contributed by atoms with Gasteiger partial charge in [-0.3, -0.25) is 0 Å². The van der Waals surface area contributed by atoms with Crippen LogP contribution in [0.4, 0.5) is 0 Å². The molecule has 0 aromatic heterocycles. The maximum absolute atomic E-state index is 5.44. The van der Waals surface area contributed by atoms with Gasteiger partial charge in [0.15, 0.2) is 0 Å². The molecule has 0 amide bonds. The second-order valence-electron chi connectivity index (χ2n) is 3.08. The zero-order chi connectivity index (χ0) is 9.40. The lowest BCUT2D eigenvalue weighted by Gasteiger charge is -2.23. The molecule has 0 saturated heterocycles. The number of nitrogens with zero attached hydrogens (tertiary/aromatic N) is 1. The van der Waals surface area contributed by atoms with Crippen LogP contribution in [0.25, 0.3) is 0 Å². The summed E-state index contributed by atoms with van der Waals surface area (Å²) in [4.78, 5) is 2.36. The van der Waals surface area contributed by atoms with E-state index in [9.17, 15) is 0 Å². The molecule has 1 atom stereocenters. The Hall–Kier alpha value is -0.120. The Morgan fingerprint density at radius 3 is 2.58 bits per heavy atom. The van der Waals surface area contributed by atoms with Crippen LogP contribution in [-0.2, 0) is 4.74 Å². The van der Waals surface area contributed by atoms with E-state index < -0.39 is 0 Å². The Morgan fingerprint density at radius 1 is 1.50 bits per heavy atom. The van der Waals surface area contributed by atoms with Gasteiger partial charge in [-0.2, -0.15) is 0 Å². The second-order valence-corrected chi connectivity index (χ2v) is 3.08. The summed E-state index contributed by atoms with van der Waals surface area (Å²) in [5.74, 6) is 0. The van der Waals surface area contributed by atoms with Crippen molar-refractivity contribution in [1.29, 1.82) is 0 Å². The summed E-state index contributed by atoms with van der Waals surface area (Å²) in [6.07, 6.45) is 1.40. The summed E-state index contributed by atoms with van der Waals surface area (Å²) in [6, 6.07) is 0. The summed E-state index contributed by atoms with van der Waals surface area (Å²) in [5, 5.41) is 0. The van der Waals surface area contributed by atoms with Gasteiger partial charge in [-0.1, -0.05) is 6.92 Å². The smallest absolute Gasteiger partial charge is 0.0670 e. The van der Waals surface area contributed by atoms with Crippen LogP contribution in [0.3, 0.4) is 0 Å². The first kappa shape index (κ1) is 11.9. The zero-order valence-corrected chi connectivity index (χ0v) is 8.55. The van der Waals surface area contributed by atoms with Crippen LogP contribution < -0.4 is 5.73 Å². The molecule has 0 spiro atoms. The van der Waals surface area contributed by atoms with Crippen molar-refractivity contribution in [2.24, 2.45) is 5.73 Å². The fraction of sp³-hybridized carbons (Fsp3) is 1.00. The normalized spacial score (nSPS) is 13.8. The largest absolute Gasteiger partial charge is 0.380 e.